The van der Waals surface area contributed by atoms with E-state index in [1.54, 1.807) is 0 Å². The van der Waals surface area contributed by atoms with Gasteiger partial charge in [-0.1, -0.05) is 23.7 Å². The predicted octanol–water partition coefficient (Wildman–Crippen LogP) is 3.33. The summed E-state index contributed by atoms with van der Waals surface area (Å²) in [5.74, 6) is 2.28. The Labute approximate surface area is 101 Å². The molecule has 82 valence electrons. The van der Waals surface area contributed by atoms with Gasteiger partial charge in [-0.15, -0.1) is 0 Å². The van der Waals surface area contributed by atoms with E-state index in [2.05, 4.69) is 17.4 Å². The molecule has 1 aliphatic rings. The normalized spacial score (nSPS) is 15.5. The Hall–Kier alpha value is -0.180. The van der Waals surface area contributed by atoms with Crippen molar-refractivity contribution >= 4 is 23.4 Å². The summed E-state index contributed by atoms with van der Waals surface area (Å²) in [6, 6.07) is 8.95. The fourth-order valence-corrected chi connectivity index (χ4v) is 2.35. The van der Waals surface area contributed by atoms with Crippen molar-refractivity contribution in [3.8, 4) is 0 Å². The highest BCUT2D eigenvalue weighted by Gasteiger charge is 2.19. The molecule has 0 unspecified atom stereocenters. The zero-order valence-corrected chi connectivity index (χ0v) is 10.3. The van der Waals surface area contributed by atoms with E-state index in [1.165, 1.54) is 24.2 Å². The molecule has 0 spiro atoms. The fraction of sp³-hybridized carbons (Fsp3) is 0.500. The molecule has 1 fully saturated rings. The van der Waals surface area contributed by atoms with Gasteiger partial charge in [-0.25, -0.2) is 0 Å². The molecule has 15 heavy (non-hydrogen) atoms. The molecule has 2 rings (SSSR count). The minimum Gasteiger partial charge on any atom is -0.313 e. The average Bonchev–Trinajstić information content (AvgIpc) is 3.04. The molecule has 0 aromatic heterocycles. The van der Waals surface area contributed by atoms with Crippen LogP contribution < -0.4 is 5.32 Å². The zero-order chi connectivity index (χ0) is 10.5. The Kier molecular flexibility index (Phi) is 4.36. The molecule has 1 aliphatic carbocycles. The molecule has 0 amide bonds. The van der Waals surface area contributed by atoms with Gasteiger partial charge in [0.25, 0.3) is 0 Å². The van der Waals surface area contributed by atoms with Crippen LogP contribution in [-0.4, -0.2) is 18.3 Å². The van der Waals surface area contributed by atoms with E-state index in [1.807, 2.05) is 23.9 Å². The summed E-state index contributed by atoms with van der Waals surface area (Å²) >= 11 is 7.80. The Morgan fingerprint density at radius 3 is 2.67 bits per heavy atom. The number of hydrogen-bond acceptors (Lipinski definition) is 2. The monoisotopic (exact) mass is 241 g/mol. The van der Waals surface area contributed by atoms with Crippen molar-refractivity contribution in [2.75, 3.05) is 12.3 Å². The third kappa shape index (κ3) is 4.45. The number of halogens is 1. The highest BCUT2D eigenvalue weighted by Crippen LogP contribution is 2.19. The number of nitrogens with one attached hydrogen (secondary N) is 1. The van der Waals surface area contributed by atoms with Gasteiger partial charge >= 0.3 is 0 Å². The Bertz CT molecular complexity index is 295. The minimum atomic E-state index is 0.819. The van der Waals surface area contributed by atoms with Gasteiger partial charge in [0, 0.05) is 29.1 Å². The molecular weight excluding hydrogens is 226 g/mol. The Morgan fingerprint density at radius 2 is 2.00 bits per heavy atom. The van der Waals surface area contributed by atoms with Crippen LogP contribution in [0.2, 0.25) is 5.02 Å². The highest BCUT2D eigenvalue weighted by molar-refractivity contribution is 7.98. The summed E-state index contributed by atoms with van der Waals surface area (Å²) < 4.78 is 0. The van der Waals surface area contributed by atoms with E-state index in [-0.39, 0.29) is 0 Å². The third-order valence-corrected chi connectivity index (χ3v) is 3.72. The molecule has 1 aromatic carbocycles. The van der Waals surface area contributed by atoms with E-state index >= 15 is 0 Å². The van der Waals surface area contributed by atoms with Gasteiger partial charge < -0.3 is 5.32 Å². The van der Waals surface area contributed by atoms with Gasteiger partial charge in [0.05, 0.1) is 0 Å². The largest absolute Gasteiger partial charge is 0.313 e. The van der Waals surface area contributed by atoms with Gasteiger partial charge in [0.2, 0.25) is 0 Å². The van der Waals surface area contributed by atoms with Crippen LogP contribution in [0.15, 0.2) is 24.3 Å². The summed E-state index contributed by atoms with van der Waals surface area (Å²) in [4.78, 5) is 0. The van der Waals surface area contributed by atoms with Gasteiger partial charge in [-0.2, -0.15) is 11.8 Å². The second-order valence-corrected chi connectivity index (χ2v) is 5.45. The van der Waals surface area contributed by atoms with Crippen molar-refractivity contribution in [1.82, 2.24) is 5.32 Å². The SMILES string of the molecule is Clc1ccc(CSCCNC2CC2)cc1. The second-order valence-electron chi connectivity index (χ2n) is 3.91. The van der Waals surface area contributed by atoms with Crippen LogP contribution in [-0.2, 0) is 5.75 Å². The van der Waals surface area contributed by atoms with Crippen LogP contribution in [0.25, 0.3) is 0 Å². The molecule has 0 atom stereocenters. The third-order valence-electron chi connectivity index (χ3n) is 2.44. The maximum atomic E-state index is 5.82. The van der Waals surface area contributed by atoms with Crippen LogP contribution in [0.1, 0.15) is 18.4 Å². The maximum absolute atomic E-state index is 5.82. The van der Waals surface area contributed by atoms with Crippen LogP contribution in [0.4, 0.5) is 0 Å². The second kappa shape index (κ2) is 5.78. The maximum Gasteiger partial charge on any atom is 0.0406 e. The van der Waals surface area contributed by atoms with Gasteiger partial charge in [0.15, 0.2) is 0 Å². The van der Waals surface area contributed by atoms with Crippen molar-refractivity contribution in [2.45, 2.75) is 24.6 Å². The number of rotatable bonds is 6. The molecule has 3 heteroatoms. The predicted molar refractivity (Wildman–Crippen MR) is 68.6 cm³/mol. The van der Waals surface area contributed by atoms with Crippen molar-refractivity contribution in [3.63, 3.8) is 0 Å². The van der Waals surface area contributed by atoms with Crippen LogP contribution in [0.3, 0.4) is 0 Å². The van der Waals surface area contributed by atoms with Crippen LogP contribution in [0.5, 0.6) is 0 Å². The molecule has 0 aliphatic heterocycles. The summed E-state index contributed by atoms with van der Waals surface area (Å²) in [6.07, 6.45) is 2.75. The van der Waals surface area contributed by atoms with Crippen molar-refractivity contribution in [1.29, 1.82) is 0 Å². The lowest BCUT2D eigenvalue weighted by Crippen LogP contribution is -2.19. The van der Waals surface area contributed by atoms with Crippen LogP contribution in [0, 0.1) is 0 Å². The molecule has 0 radical (unpaired) electrons. The van der Waals surface area contributed by atoms with Crippen molar-refractivity contribution in [2.24, 2.45) is 0 Å². The topological polar surface area (TPSA) is 12.0 Å². The first-order chi connectivity index (χ1) is 7.34. The quantitative estimate of drug-likeness (QED) is 0.767. The lowest BCUT2D eigenvalue weighted by molar-refractivity contribution is 0.726. The zero-order valence-electron chi connectivity index (χ0n) is 8.71. The average molecular weight is 242 g/mol. The molecular formula is C12H16ClNS. The van der Waals surface area contributed by atoms with E-state index in [0.717, 1.165) is 23.4 Å². The number of benzene rings is 1. The van der Waals surface area contributed by atoms with E-state index in [0.29, 0.717) is 0 Å². The Morgan fingerprint density at radius 1 is 1.27 bits per heavy atom. The summed E-state index contributed by atoms with van der Waals surface area (Å²) in [7, 11) is 0. The molecule has 0 bridgehead atoms. The van der Waals surface area contributed by atoms with Gasteiger partial charge in [-0.05, 0) is 30.5 Å². The first kappa shape index (κ1) is 11.3. The minimum absolute atomic E-state index is 0.819. The van der Waals surface area contributed by atoms with Crippen molar-refractivity contribution < 1.29 is 0 Å². The van der Waals surface area contributed by atoms with Gasteiger partial charge in [-0.3, -0.25) is 0 Å². The number of thioether (sulfide) groups is 1. The first-order valence-electron chi connectivity index (χ1n) is 5.40. The summed E-state index contributed by atoms with van der Waals surface area (Å²) in [5.41, 5.74) is 1.36. The lowest BCUT2D eigenvalue weighted by Gasteiger charge is -2.03. The van der Waals surface area contributed by atoms with E-state index in [4.69, 9.17) is 11.6 Å². The molecule has 0 saturated heterocycles. The Balaban J connectivity index is 1.58. The summed E-state index contributed by atoms with van der Waals surface area (Å²) in [5, 5.41) is 4.33. The van der Waals surface area contributed by atoms with Gasteiger partial charge in [0.1, 0.15) is 0 Å². The lowest BCUT2D eigenvalue weighted by atomic mass is 10.2. The number of hydrogen-bond donors (Lipinski definition) is 1. The molecule has 0 heterocycles. The fourth-order valence-electron chi connectivity index (χ4n) is 1.39. The smallest absolute Gasteiger partial charge is 0.0406 e. The molecule has 1 N–H and O–H groups in total. The standard InChI is InChI=1S/C12H16ClNS/c13-11-3-1-10(2-4-11)9-15-8-7-14-12-5-6-12/h1-4,12,14H,5-9H2. The van der Waals surface area contributed by atoms with Crippen LogP contribution >= 0.6 is 23.4 Å². The van der Waals surface area contributed by atoms with E-state index < -0.39 is 0 Å². The molecule has 1 saturated carbocycles. The summed E-state index contributed by atoms with van der Waals surface area (Å²) in [6.45, 7) is 1.14. The van der Waals surface area contributed by atoms with E-state index in [9.17, 15) is 0 Å². The molecule has 1 nitrogen and oxygen atoms in total. The van der Waals surface area contributed by atoms with Crippen molar-refractivity contribution in [3.05, 3.63) is 34.9 Å². The molecule has 1 aromatic rings. The highest BCUT2D eigenvalue weighted by atomic mass is 35.5. The first-order valence-corrected chi connectivity index (χ1v) is 6.93.